The lowest BCUT2D eigenvalue weighted by atomic mass is 10.1. The molecule has 0 bridgehead atoms. The molecule has 2 amide bonds. The molecule has 22 heavy (non-hydrogen) atoms. The van der Waals surface area contributed by atoms with Crippen molar-refractivity contribution in [3.05, 3.63) is 29.6 Å². The second kappa shape index (κ2) is 6.28. The molecule has 0 spiro atoms. The van der Waals surface area contributed by atoms with Crippen molar-refractivity contribution in [1.82, 2.24) is 4.90 Å². The van der Waals surface area contributed by atoms with Crippen LogP contribution in [0, 0.1) is 17.7 Å². The third kappa shape index (κ3) is 3.27. The Bertz CT molecular complexity index is 602. The fraction of sp³-hybridized carbons (Fsp3) is 0.500. The zero-order valence-electron chi connectivity index (χ0n) is 12.5. The number of rotatable bonds is 3. The van der Waals surface area contributed by atoms with Gasteiger partial charge in [0, 0.05) is 30.5 Å². The minimum Gasteiger partial charge on any atom is -0.337 e. The van der Waals surface area contributed by atoms with Gasteiger partial charge in [0.05, 0.1) is 11.3 Å². The van der Waals surface area contributed by atoms with Gasteiger partial charge in [0.25, 0.3) is 5.91 Å². The summed E-state index contributed by atoms with van der Waals surface area (Å²) >= 11 is 1.80. The number of benzene rings is 1. The van der Waals surface area contributed by atoms with E-state index in [0.29, 0.717) is 24.7 Å². The maximum atomic E-state index is 13.6. The summed E-state index contributed by atoms with van der Waals surface area (Å²) < 4.78 is 13.6. The second-order valence-corrected chi connectivity index (χ2v) is 7.13. The van der Waals surface area contributed by atoms with Crippen LogP contribution in [0.4, 0.5) is 10.1 Å². The van der Waals surface area contributed by atoms with E-state index in [9.17, 15) is 14.0 Å². The van der Waals surface area contributed by atoms with Crippen LogP contribution in [0.2, 0.25) is 0 Å². The largest absolute Gasteiger partial charge is 0.337 e. The molecule has 118 valence electrons. The summed E-state index contributed by atoms with van der Waals surface area (Å²) in [5.41, 5.74) is 0.655. The van der Waals surface area contributed by atoms with Gasteiger partial charge in [-0.15, -0.1) is 0 Å². The van der Waals surface area contributed by atoms with Gasteiger partial charge in [0.15, 0.2) is 0 Å². The van der Waals surface area contributed by atoms with Gasteiger partial charge in [-0.25, -0.2) is 4.39 Å². The molecule has 2 aliphatic rings. The highest BCUT2D eigenvalue weighted by Gasteiger charge is 2.39. The normalized spacial score (nSPS) is 24.0. The van der Waals surface area contributed by atoms with E-state index in [-0.39, 0.29) is 23.3 Å². The number of halogens is 1. The van der Waals surface area contributed by atoms with Crippen LogP contribution in [0.5, 0.6) is 0 Å². The summed E-state index contributed by atoms with van der Waals surface area (Å²) in [7, 11) is 0. The molecule has 1 aliphatic carbocycles. The smallest absolute Gasteiger partial charge is 0.256 e. The molecular formula is C16H19FN2O2S. The average Bonchev–Trinajstić information content (AvgIpc) is 3.26. The molecule has 1 heterocycles. The Morgan fingerprint density at radius 1 is 1.32 bits per heavy atom. The average molecular weight is 322 g/mol. The minimum absolute atomic E-state index is 0.0133. The number of anilines is 1. The Morgan fingerprint density at radius 2 is 2.00 bits per heavy atom. The number of carbonyl (C=O) groups excluding carboxylic acids is 2. The number of hydrogen-bond donors (Lipinski definition) is 1. The molecule has 1 saturated heterocycles. The van der Waals surface area contributed by atoms with Gasteiger partial charge in [-0.2, -0.15) is 11.8 Å². The van der Waals surface area contributed by atoms with Crippen molar-refractivity contribution in [2.24, 2.45) is 11.8 Å². The molecule has 0 radical (unpaired) electrons. The molecule has 1 aromatic rings. The Kier molecular flexibility index (Phi) is 4.38. The summed E-state index contributed by atoms with van der Waals surface area (Å²) in [6, 6.07) is 3.97. The lowest BCUT2D eigenvalue weighted by Gasteiger charge is -2.27. The summed E-state index contributed by atoms with van der Waals surface area (Å²) in [5, 5.41) is 2.79. The number of hydrogen-bond acceptors (Lipinski definition) is 3. The van der Waals surface area contributed by atoms with E-state index in [1.165, 1.54) is 18.2 Å². The number of nitrogens with one attached hydrogen (secondary N) is 1. The van der Waals surface area contributed by atoms with Gasteiger partial charge in [-0.1, -0.05) is 6.92 Å². The molecule has 2 atom stereocenters. The predicted molar refractivity (Wildman–Crippen MR) is 85.5 cm³/mol. The van der Waals surface area contributed by atoms with E-state index in [2.05, 4.69) is 5.32 Å². The van der Waals surface area contributed by atoms with Crippen LogP contribution in [-0.4, -0.2) is 41.3 Å². The fourth-order valence-corrected chi connectivity index (χ4v) is 3.56. The monoisotopic (exact) mass is 322 g/mol. The van der Waals surface area contributed by atoms with Crippen LogP contribution in [0.15, 0.2) is 18.2 Å². The molecule has 2 fully saturated rings. The maximum absolute atomic E-state index is 13.6. The fourth-order valence-electron chi connectivity index (χ4n) is 2.65. The summed E-state index contributed by atoms with van der Waals surface area (Å²) in [4.78, 5) is 26.4. The molecule has 1 aliphatic heterocycles. The number of thioether (sulfide) groups is 1. The molecule has 4 nitrogen and oxygen atoms in total. The van der Waals surface area contributed by atoms with E-state index in [4.69, 9.17) is 0 Å². The molecule has 0 aromatic heterocycles. The first-order chi connectivity index (χ1) is 10.6. The molecule has 0 unspecified atom stereocenters. The quantitative estimate of drug-likeness (QED) is 0.930. The van der Waals surface area contributed by atoms with Gasteiger partial charge in [0.1, 0.15) is 5.82 Å². The highest BCUT2D eigenvalue weighted by Crippen LogP contribution is 2.38. The number of carbonyl (C=O) groups is 2. The van der Waals surface area contributed by atoms with Gasteiger partial charge in [0.2, 0.25) is 5.91 Å². The predicted octanol–water partition coefficient (Wildman–Crippen LogP) is 2.61. The first kappa shape index (κ1) is 15.3. The SMILES string of the molecule is C[C@H]1C[C@H]1C(=O)Nc1ccc(F)cc1C(=O)N1CCSCC1. The molecule has 6 heteroatoms. The molecule has 1 N–H and O–H groups in total. The highest BCUT2D eigenvalue weighted by atomic mass is 32.2. The molecule has 3 rings (SSSR count). The van der Waals surface area contributed by atoms with Crippen LogP contribution in [-0.2, 0) is 4.79 Å². The van der Waals surface area contributed by atoms with Crippen molar-refractivity contribution in [3.8, 4) is 0 Å². The van der Waals surface area contributed by atoms with E-state index in [0.717, 1.165) is 17.9 Å². The van der Waals surface area contributed by atoms with E-state index in [1.54, 1.807) is 16.7 Å². The van der Waals surface area contributed by atoms with Crippen LogP contribution in [0.3, 0.4) is 0 Å². The van der Waals surface area contributed by atoms with Crippen molar-refractivity contribution >= 4 is 29.3 Å². The Morgan fingerprint density at radius 3 is 2.64 bits per heavy atom. The number of amides is 2. The van der Waals surface area contributed by atoms with E-state index < -0.39 is 5.82 Å². The van der Waals surface area contributed by atoms with Gasteiger partial charge >= 0.3 is 0 Å². The Balaban J connectivity index is 1.80. The van der Waals surface area contributed by atoms with Crippen molar-refractivity contribution in [2.75, 3.05) is 29.9 Å². The van der Waals surface area contributed by atoms with Gasteiger partial charge in [-0.3, -0.25) is 9.59 Å². The third-order valence-corrected chi connectivity index (χ3v) is 5.16. The van der Waals surface area contributed by atoms with Gasteiger partial charge < -0.3 is 10.2 Å². The summed E-state index contributed by atoms with van der Waals surface area (Å²) in [6.07, 6.45) is 0.875. The summed E-state index contributed by atoms with van der Waals surface area (Å²) in [6.45, 7) is 3.34. The van der Waals surface area contributed by atoms with Crippen LogP contribution in [0.25, 0.3) is 0 Å². The third-order valence-electron chi connectivity index (χ3n) is 4.21. The van der Waals surface area contributed by atoms with Crippen molar-refractivity contribution < 1.29 is 14.0 Å². The zero-order valence-corrected chi connectivity index (χ0v) is 13.3. The van der Waals surface area contributed by atoms with Gasteiger partial charge in [-0.05, 0) is 30.5 Å². The van der Waals surface area contributed by atoms with E-state index >= 15 is 0 Å². The number of nitrogens with zero attached hydrogens (tertiary/aromatic N) is 1. The maximum Gasteiger partial charge on any atom is 0.256 e. The standard InChI is InChI=1S/C16H19FN2O2S/c1-10-8-12(10)15(20)18-14-3-2-11(17)9-13(14)16(21)19-4-6-22-7-5-19/h2-3,9-10,12H,4-8H2,1H3,(H,18,20)/t10-,12+/m0/s1. The first-order valence-electron chi connectivity index (χ1n) is 7.53. The Hall–Kier alpha value is -1.56. The van der Waals surface area contributed by atoms with Crippen LogP contribution >= 0.6 is 11.8 Å². The lowest BCUT2D eigenvalue weighted by molar-refractivity contribution is -0.117. The lowest BCUT2D eigenvalue weighted by Crippen LogP contribution is -2.38. The second-order valence-electron chi connectivity index (χ2n) is 5.90. The zero-order chi connectivity index (χ0) is 15.7. The van der Waals surface area contributed by atoms with Crippen LogP contribution < -0.4 is 5.32 Å². The topological polar surface area (TPSA) is 49.4 Å². The summed E-state index contributed by atoms with van der Waals surface area (Å²) in [5.74, 6) is 1.43. The Labute approximate surface area is 133 Å². The minimum atomic E-state index is -0.465. The molecule has 1 aromatic carbocycles. The van der Waals surface area contributed by atoms with Crippen LogP contribution in [0.1, 0.15) is 23.7 Å². The molecule has 1 saturated carbocycles. The highest BCUT2D eigenvalue weighted by molar-refractivity contribution is 7.99. The van der Waals surface area contributed by atoms with Crippen molar-refractivity contribution in [2.45, 2.75) is 13.3 Å². The molecular weight excluding hydrogens is 303 g/mol. The first-order valence-corrected chi connectivity index (χ1v) is 8.69. The van der Waals surface area contributed by atoms with Crippen molar-refractivity contribution in [3.63, 3.8) is 0 Å². The van der Waals surface area contributed by atoms with Crippen molar-refractivity contribution in [1.29, 1.82) is 0 Å². The van der Waals surface area contributed by atoms with E-state index in [1.807, 2.05) is 6.92 Å².